The monoisotopic (exact) mass is 272 g/mol. The van der Waals surface area contributed by atoms with Gasteiger partial charge in [0.05, 0.1) is 12.1 Å². The van der Waals surface area contributed by atoms with Crippen molar-refractivity contribution in [1.82, 2.24) is 10.6 Å². The first kappa shape index (κ1) is 14.8. The van der Waals surface area contributed by atoms with Crippen LogP contribution in [-0.4, -0.2) is 36.4 Å². The average Bonchev–Trinajstić information content (AvgIpc) is 2.74. The summed E-state index contributed by atoms with van der Waals surface area (Å²) in [7, 11) is 0. The number of hydrogen-bond acceptors (Lipinski definition) is 4. The van der Waals surface area contributed by atoms with E-state index in [1.807, 2.05) is 30.3 Å². The van der Waals surface area contributed by atoms with Gasteiger partial charge in [0.1, 0.15) is 6.61 Å². The van der Waals surface area contributed by atoms with Crippen molar-refractivity contribution in [2.24, 2.45) is 0 Å². The van der Waals surface area contributed by atoms with Gasteiger partial charge in [0.15, 0.2) is 0 Å². The standard InChI is InChI=1S/C12H16N2O3.ClH/c15-11-7-13-6-10(11)14-12(16)17-8-9-4-2-1-3-5-9;/h1-5,10-11,13,15H,6-8H2,(H,14,16);1H/t10-,11+;/m1./s1. The fraction of sp³-hybridized carbons (Fsp3) is 0.417. The molecule has 1 aromatic carbocycles. The van der Waals surface area contributed by atoms with Crippen LogP contribution in [0.2, 0.25) is 0 Å². The maximum atomic E-state index is 11.4. The number of carbonyl (C=O) groups excluding carboxylic acids is 1. The van der Waals surface area contributed by atoms with Gasteiger partial charge in [-0.05, 0) is 5.56 Å². The number of aliphatic hydroxyl groups is 1. The number of nitrogens with one attached hydrogen (secondary N) is 2. The fourth-order valence-electron chi connectivity index (χ4n) is 1.73. The minimum absolute atomic E-state index is 0. The van der Waals surface area contributed by atoms with Gasteiger partial charge >= 0.3 is 6.09 Å². The minimum Gasteiger partial charge on any atom is -0.445 e. The molecule has 6 heteroatoms. The number of alkyl carbamates (subject to hydrolysis) is 1. The zero-order chi connectivity index (χ0) is 12.1. The van der Waals surface area contributed by atoms with E-state index in [1.54, 1.807) is 0 Å². The molecule has 1 fully saturated rings. The zero-order valence-electron chi connectivity index (χ0n) is 9.83. The van der Waals surface area contributed by atoms with E-state index in [0.717, 1.165) is 5.56 Å². The number of hydrogen-bond donors (Lipinski definition) is 3. The first-order chi connectivity index (χ1) is 8.25. The van der Waals surface area contributed by atoms with Gasteiger partial charge in [0.25, 0.3) is 0 Å². The molecule has 0 spiro atoms. The highest BCUT2D eigenvalue weighted by Gasteiger charge is 2.26. The number of β-amino-alcohol motifs (C(OH)–C–C–N with tert-alkyl or cyclic N) is 1. The summed E-state index contributed by atoms with van der Waals surface area (Å²) >= 11 is 0. The highest BCUT2D eigenvalue weighted by Crippen LogP contribution is 2.02. The number of halogens is 1. The molecule has 1 heterocycles. The van der Waals surface area contributed by atoms with Crippen LogP contribution in [-0.2, 0) is 11.3 Å². The summed E-state index contributed by atoms with van der Waals surface area (Å²) in [4.78, 5) is 11.4. The second kappa shape index (κ2) is 7.20. The SMILES string of the molecule is Cl.O=C(N[C@@H]1CNC[C@@H]1O)OCc1ccccc1. The first-order valence-electron chi connectivity index (χ1n) is 5.61. The summed E-state index contributed by atoms with van der Waals surface area (Å²) in [5.41, 5.74) is 0.938. The van der Waals surface area contributed by atoms with Crippen LogP contribution in [0.3, 0.4) is 0 Å². The predicted octanol–water partition coefficient (Wildman–Crippen LogP) is 0.667. The largest absolute Gasteiger partial charge is 0.445 e. The molecule has 100 valence electrons. The van der Waals surface area contributed by atoms with Crippen LogP contribution in [0.1, 0.15) is 5.56 Å². The van der Waals surface area contributed by atoms with Crippen molar-refractivity contribution in [3.05, 3.63) is 35.9 Å². The average molecular weight is 273 g/mol. The van der Waals surface area contributed by atoms with Crippen molar-refractivity contribution >= 4 is 18.5 Å². The quantitative estimate of drug-likeness (QED) is 0.756. The third-order valence-electron chi connectivity index (χ3n) is 2.70. The number of rotatable bonds is 3. The first-order valence-corrected chi connectivity index (χ1v) is 5.61. The van der Waals surface area contributed by atoms with E-state index >= 15 is 0 Å². The second-order valence-electron chi connectivity index (χ2n) is 4.04. The molecule has 0 saturated carbocycles. The summed E-state index contributed by atoms with van der Waals surface area (Å²) in [6.07, 6.45) is -1.04. The van der Waals surface area contributed by atoms with Gasteiger partial charge in [0, 0.05) is 13.1 Å². The van der Waals surface area contributed by atoms with Crippen LogP contribution in [0, 0.1) is 0 Å². The smallest absolute Gasteiger partial charge is 0.407 e. The molecule has 1 aliphatic heterocycles. The van der Waals surface area contributed by atoms with Crippen LogP contribution in [0.4, 0.5) is 4.79 Å². The molecule has 0 unspecified atom stereocenters. The van der Waals surface area contributed by atoms with E-state index in [4.69, 9.17) is 4.74 Å². The lowest BCUT2D eigenvalue weighted by Crippen LogP contribution is -2.42. The third-order valence-corrected chi connectivity index (χ3v) is 2.70. The molecule has 2 atom stereocenters. The van der Waals surface area contributed by atoms with Crippen molar-refractivity contribution < 1.29 is 14.6 Å². The van der Waals surface area contributed by atoms with Gasteiger partial charge in [0.2, 0.25) is 0 Å². The maximum Gasteiger partial charge on any atom is 0.407 e. The molecule has 1 aliphatic rings. The van der Waals surface area contributed by atoms with E-state index in [9.17, 15) is 9.90 Å². The lowest BCUT2D eigenvalue weighted by atomic mass is 10.2. The molecule has 0 aromatic heterocycles. The molecule has 3 N–H and O–H groups in total. The summed E-state index contributed by atoms with van der Waals surface area (Å²) < 4.78 is 5.05. The van der Waals surface area contributed by atoms with Crippen molar-refractivity contribution in [3.8, 4) is 0 Å². The molecule has 0 bridgehead atoms. The summed E-state index contributed by atoms with van der Waals surface area (Å²) in [6, 6.07) is 9.20. The Morgan fingerprint density at radius 3 is 2.72 bits per heavy atom. The highest BCUT2D eigenvalue weighted by molar-refractivity contribution is 5.85. The molecule has 1 amide bonds. The van der Waals surface area contributed by atoms with Crippen LogP contribution < -0.4 is 10.6 Å². The lowest BCUT2D eigenvalue weighted by molar-refractivity contribution is 0.118. The van der Waals surface area contributed by atoms with Crippen molar-refractivity contribution in [2.75, 3.05) is 13.1 Å². The van der Waals surface area contributed by atoms with Crippen molar-refractivity contribution in [1.29, 1.82) is 0 Å². The summed E-state index contributed by atoms with van der Waals surface area (Å²) in [5.74, 6) is 0. The van der Waals surface area contributed by atoms with Crippen LogP contribution in [0.25, 0.3) is 0 Å². The van der Waals surface area contributed by atoms with Crippen LogP contribution in [0.15, 0.2) is 30.3 Å². The molecule has 18 heavy (non-hydrogen) atoms. The zero-order valence-corrected chi connectivity index (χ0v) is 10.7. The summed E-state index contributed by atoms with van der Waals surface area (Å²) in [5, 5.41) is 15.1. The predicted molar refractivity (Wildman–Crippen MR) is 69.7 cm³/mol. The lowest BCUT2D eigenvalue weighted by Gasteiger charge is -2.15. The minimum atomic E-state index is -0.542. The van der Waals surface area contributed by atoms with Gasteiger partial charge in [-0.3, -0.25) is 0 Å². The third kappa shape index (κ3) is 4.18. The van der Waals surface area contributed by atoms with Crippen molar-refractivity contribution in [2.45, 2.75) is 18.8 Å². The number of amides is 1. The Kier molecular flexibility index (Phi) is 5.91. The van der Waals surface area contributed by atoms with E-state index in [0.29, 0.717) is 13.1 Å². The second-order valence-corrected chi connectivity index (χ2v) is 4.04. The number of ether oxygens (including phenoxy) is 1. The van der Waals surface area contributed by atoms with Gasteiger partial charge < -0.3 is 20.5 Å². The van der Waals surface area contributed by atoms with Gasteiger partial charge in [-0.2, -0.15) is 0 Å². The van der Waals surface area contributed by atoms with Gasteiger partial charge in [-0.25, -0.2) is 4.79 Å². The van der Waals surface area contributed by atoms with E-state index in [2.05, 4.69) is 10.6 Å². The Morgan fingerprint density at radius 1 is 1.39 bits per heavy atom. The normalized spacial score (nSPS) is 22.1. The molecular weight excluding hydrogens is 256 g/mol. The number of carbonyl (C=O) groups is 1. The number of aliphatic hydroxyl groups excluding tert-OH is 1. The Labute approximate surface area is 112 Å². The molecule has 2 rings (SSSR count). The van der Waals surface area contributed by atoms with E-state index in [1.165, 1.54) is 0 Å². The van der Waals surface area contributed by atoms with Crippen LogP contribution >= 0.6 is 12.4 Å². The maximum absolute atomic E-state index is 11.4. The van der Waals surface area contributed by atoms with E-state index in [-0.39, 0.29) is 25.1 Å². The Morgan fingerprint density at radius 2 is 2.11 bits per heavy atom. The topological polar surface area (TPSA) is 70.6 Å². The Hall–Kier alpha value is -1.30. The molecule has 5 nitrogen and oxygen atoms in total. The Balaban J connectivity index is 0.00000162. The highest BCUT2D eigenvalue weighted by atomic mass is 35.5. The molecule has 0 radical (unpaired) electrons. The molecule has 1 aromatic rings. The molecular formula is C12H17ClN2O3. The van der Waals surface area contributed by atoms with Crippen molar-refractivity contribution in [3.63, 3.8) is 0 Å². The summed E-state index contributed by atoms with van der Waals surface area (Å²) in [6.45, 7) is 1.31. The molecule has 0 aliphatic carbocycles. The Bertz CT molecular complexity index is 375. The fourth-order valence-corrected chi connectivity index (χ4v) is 1.73. The van der Waals surface area contributed by atoms with Gasteiger partial charge in [-0.1, -0.05) is 30.3 Å². The van der Waals surface area contributed by atoms with Gasteiger partial charge in [-0.15, -0.1) is 12.4 Å². The van der Waals surface area contributed by atoms with Crippen LogP contribution in [0.5, 0.6) is 0 Å². The molecule has 1 saturated heterocycles. The number of benzene rings is 1. The van der Waals surface area contributed by atoms with E-state index < -0.39 is 12.2 Å².